The molecule has 8 nitrogen and oxygen atoms in total. The summed E-state index contributed by atoms with van der Waals surface area (Å²) in [5.41, 5.74) is 1.33. The first-order valence-electron chi connectivity index (χ1n) is 7.98. The van der Waals surface area contributed by atoms with Gasteiger partial charge < -0.3 is 9.80 Å². The highest BCUT2D eigenvalue weighted by atomic mass is 16.2. The normalized spacial score (nSPS) is 15.3. The molecule has 0 spiro atoms. The van der Waals surface area contributed by atoms with Crippen molar-refractivity contribution in [1.29, 1.82) is 0 Å². The molecule has 2 aromatic rings. The molecule has 0 radical (unpaired) electrons. The van der Waals surface area contributed by atoms with Gasteiger partial charge in [0.05, 0.1) is 17.9 Å². The van der Waals surface area contributed by atoms with Crippen LogP contribution >= 0.6 is 0 Å². The summed E-state index contributed by atoms with van der Waals surface area (Å²) in [5, 5.41) is 16.3. The summed E-state index contributed by atoms with van der Waals surface area (Å²) in [6.45, 7) is 7.83. The molecule has 0 atom stereocenters. The van der Waals surface area contributed by atoms with Crippen LogP contribution in [0.2, 0.25) is 0 Å². The molecule has 8 heteroatoms. The van der Waals surface area contributed by atoms with E-state index in [-0.39, 0.29) is 17.4 Å². The molecule has 3 heterocycles. The van der Waals surface area contributed by atoms with Crippen molar-refractivity contribution in [1.82, 2.24) is 30.1 Å². The Balaban J connectivity index is 1.59. The molecule has 0 N–H and O–H groups in total. The number of rotatable bonds is 3. The van der Waals surface area contributed by atoms with Crippen LogP contribution < -0.4 is 4.90 Å². The molecule has 1 fully saturated rings. The van der Waals surface area contributed by atoms with Crippen LogP contribution in [0.4, 0.5) is 5.82 Å². The third-order valence-corrected chi connectivity index (χ3v) is 4.29. The molecular weight excluding hydrogens is 306 g/mol. The lowest BCUT2D eigenvalue weighted by Gasteiger charge is -2.44. The lowest BCUT2D eigenvalue weighted by molar-refractivity contribution is 0.0699. The van der Waals surface area contributed by atoms with Gasteiger partial charge >= 0.3 is 0 Å². The Morgan fingerprint density at radius 2 is 1.92 bits per heavy atom. The molecule has 0 saturated carbocycles. The van der Waals surface area contributed by atoms with Gasteiger partial charge in [-0.1, -0.05) is 26.0 Å². The van der Waals surface area contributed by atoms with Gasteiger partial charge in [-0.05, 0) is 12.1 Å². The summed E-state index contributed by atoms with van der Waals surface area (Å²) < 4.78 is 1.53. The van der Waals surface area contributed by atoms with Crippen molar-refractivity contribution in [2.75, 3.05) is 25.0 Å². The fourth-order valence-electron chi connectivity index (χ4n) is 2.57. The number of aromatic nitrogens is 5. The number of anilines is 1. The summed E-state index contributed by atoms with van der Waals surface area (Å²) in [4.78, 5) is 16.2. The second kappa shape index (κ2) is 5.85. The molecule has 1 saturated heterocycles. The van der Waals surface area contributed by atoms with Crippen LogP contribution in [0.3, 0.4) is 0 Å². The predicted octanol–water partition coefficient (Wildman–Crippen LogP) is 0.863. The van der Waals surface area contributed by atoms with Crippen LogP contribution in [0.25, 0.3) is 0 Å². The quantitative estimate of drug-likeness (QED) is 0.831. The van der Waals surface area contributed by atoms with E-state index >= 15 is 0 Å². The van der Waals surface area contributed by atoms with E-state index in [0.29, 0.717) is 5.69 Å². The third kappa shape index (κ3) is 3.08. The van der Waals surface area contributed by atoms with Gasteiger partial charge in [-0.25, -0.2) is 0 Å². The second-order valence-corrected chi connectivity index (χ2v) is 7.28. The number of nitrogens with zero attached hydrogens (tertiary/aromatic N) is 7. The zero-order chi connectivity index (χ0) is 17.5. The monoisotopic (exact) mass is 329 g/mol. The minimum Gasteiger partial charge on any atom is -0.351 e. The molecule has 2 aromatic heterocycles. The Labute approximate surface area is 141 Å². The number of amides is 1. The number of hydrogen-bond donors (Lipinski definition) is 0. The summed E-state index contributed by atoms with van der Waals surface area (Å²) >= 11 is 0. The van der Waals surface area contributed by atoms with Crippen LogP contribution in [-0.2, 0) is 12.5 Å². The van der Waals surface area contributed by atoms with E-state index in [9.17, 15) is 4.79 Å². The first-order chi connectivity index (χ1) is 11.3. The maximum atomic E-state index is 12.4. The smallest absolute Gasteiger partial charge is 0.276 e. The van der Waals surface area contributed by atoms with Crippen molar-refractivity contribution in [3.8, 4) is 0 Å². The average Bonchev–Trinajstić information content (AvgIpc) is 2.91. The summed E-state index contributed by atoms with van der Waals surface area (Å²) in [7, 11) is 3.54. The standard InChI is InChI=1S/C16H23N7O/c1-16(2,3)13-6-7-14(19-18-13)23-8-11(9-23)22(5)15(24)12-10-21(4)20-17-12/h6-7,10-11H,8-9H2,1-5H3. The molecule has 0 aromatic carbocycles. The van der Waals surface area contributed by atoms with E-state index < -0.39 is 0 Å². The lowest BCUT2D eigenvalue weighted by atomic mass is 9.92. The highest BCUT2D eigenvalue weighted by Crippen LogP contribution is 2.24. The topological polar surface area (TPSA) is 80.0 Å². The zero-order valence-corrected chi connectivity index (χ0v) is 14.8. The minimum absolute atomic E-state index is 0.00757. The van der Waals surface area contributed by atoms with Crippen molar-refractivity contribution in [3.05, 3.63) is 29.7 Å². The van der Waals surface area contributed by atoms with Crippen molar-refractivity contribution in [3.63, 3.8) is 0 Å². The van der Waals surface area contributed by atoms with Crippen molar-refractivity contribution in [2.24, 2.45) is 7.05 Å². The first kappa shape index (κ1) is 16.4. The molecule has 24 heavy (non-hydrogen) atoms. The lowest BCUT2D eigenvalue weighted by Crippen LogP contribution is -2.60. The number of likely N-dealkylation sites (N-methyl/N-ethyl adjacent to an activating group) is 1. The summed E-state index contributed by atoms with van der Waals surface area (Å²) in [6.07, 6.45) is 1.63. The number of carbonyl (C=O) groups is 1. The van der Waals surface area contributed by atoms with Crippen LogP contribution in [0.15, 0.2) is 18.3 Å². The Hall–Kier alpha value is -2.51. The van der Waals surface area contributed by atoms with E-state index in [1.807, 2.05) is 12.1 Å². The average molecular weight is 329 g/mol. The molecule has 128 valence electrons. The molecule has 1 aliphatic heterocycles. The number of aryl methyl sites for hydroxylation is 1. The number of carbonyl (C=O) groups excluding carboxylic acids is 1. The Morgan fingerprint density at radius 1 is 1.21 bits per heavy atom. The van der Waals surface area contributed by atoms with Gasteiger partial charge in [0, 0.05) is 32.6 Å². The van der Waals surface area contributed by atoms with Gasteiger partial charge in [0.15, 0.2) is 11.5 Å². The first-order valence-corrected chi connectivity index (χ1v) is 7.98. The van der Waals surface area contributed by atoms with E-state index in [4.69, 9.17) is 0 Å². The van der Waals surface area contributed by atoms with Crippen LogP contribution in [-0.4, -0.2) is 62.2 Å². The molecule has 0 bridgehead atoms. The van der Waals surface area contributed by atoms with Gasteiger partial charge in [0.1, 0.15) is 0 Å². The van der Waals surface area contributed by atoms with E-state index in [0.717, 1.165) is 24.6 Å². The zero-order valence-electron chi connectivity index (χ0n) is 14.8. The van der Waals surface area contributed by atoms with Gasteiger partial charge in [-0.2, -0.15) is 5.10 Å². The SMILES string of the molecule is CN(C(=O)c1cn(C)nn1)C1CN(c2ccc(C(C)(C)C)nn2)C1. The molecular formula is C16H23N7O. The Morgan fingerprint density at radius 3 is 2.42 bits per heavy atom. The van der Waals surface area contributed by atoms with Gasteiger partial charge in [-0.15, -0.1) is 10.2 Å². The molecule has 1 amide bonds. The van der Waals surface area contributed by atoms with Crippen molar-refractivity contribution in [2.45, 2.75) is 32.2 Å². The molecule has 0 aliphatic carbocycles. The van der Waals surface area contributed by atoms with Gasteiger partial charge in [0.2, 0.25) is 0 Å². The van der Waals surface area contributed by atoms with Crippen molar-refractivity contribution < 1.29 is 4.79 Å². The summed E-state index contributed by atoms with van der Waals surface area (Å²) in [6, 6.07) is 4.15. The fraction of sp³-hybridized carbons (Fsp3) is 0.562. The molecule has 1 aliphatic rings. The highest BCUT2D eigenvalue weighted by Gasteiger charge is 2.34. The van der Waals surface area contributed by atoms with E-state index in [1.165, 1.54) is 4.68 Å². The molecule has 3 rings (SSSR count). The Kier molecular flexibility index (Phi) is 3.98. The van der Waals surface area contributed by atoms with E-state index in [2.05, 4.69) is 46.2 Å². The number of hydrogen-bond acceptors (Lipinski definition) is 6. The Bertz CT molecular complexity index is 726. The maximum absolute atomic E-state index is 12.4. The third-order valence-electron chi connectivity index (χ3n) is 4.29. The van der Waals surface area contributed by atoms with Crippen molar-refractivity contribution >= 4 is 11.7 Å². The van der Waals surface area contributed by atoms with Crippen LogP contribution in [0, 0.1) is 0 Å². The van der Waals surface area contributed by atoms with Crippen LogP contribution in [0.1, 0.15) is 37.0 Å². The highest BCUT2D eigenvalue weighted by molar-refractivity contribution is 5.92. The van der Waals surface area contributed by atoms with Crippen LogP contribution in [0.5, 0.6) is 0 Å². The second-order valence-electron chi connectivity index (χ2n) is 7.28. The van der Waals surface area contributed by atoms with Gasteiger partial charge in [-0.3, -0.25) is 9.48 Å². The fourth-order valence-corrected chi connectivity index (χ4v) is 2.57. The maximum Gasteiger partial charge on any atom is 0.276 e. The van der Waals surface area contributed by atoms with Gasteiger partial charge in [0.25, 0.3) is 5.91 Å². The largest absolute Gasteiger partial charge is 0.351 e. The molecule has 0 unspecified atom stereocenters. The summed E-state index contributed by atoms with van der Waals surface area (Å²) in [5.74, 6) is 0.738. The predicted molar refractivity (Wildman–Crippen MR) is 89.8 cm³/mol. The van der Waals surface area contributed by atoms with E-state index in [1.54, 1.807) is 25.2 Å². The minimum atomic E-state index is -0.109.